The molecule has 0 N–H and O–H groups in total. The molecule has 21 heavy (non-hydrogen) atoms. The van der Waals surface area contributed by atoms with E-state index in [0.29, 0.717) is 19.0 Å². The monoisotopic (exact) mass is 314 g/mol. The predicted molar refractivity (Wildman–Crippen MR) is 81.6 cm³/mol. The van der Waals surface area contributed by atoms with Gasteiger partial charge >= 0.3 is 0 Å². The number of piperidine rings is 1. The molecule has 118 valence electrons. The predicted octanol–water partition coefficient (Wildman–Crippen LogP) is 2.28. The van der Waals surface area contributed by atoms with E-state index in [1.54, 1.807) is 30.5 Å². The third kappa shape index (κ3) is 4.25. The second-order valence-corrected chi connectivity index (χ2v) is 7.97. The molecule has 0 aromatic heterocycles. The lowest BCUT2D eigenvalue weighted by Crippen LogP contribution is -2.45. The molecule has 2 rings (SSSR count). The molecule has 1 fully saturated rings. The SMILES string of the molecule is CN(C)S(=O)(=O)N1CCC[C@H](CCc2cccc(F)c2)C1. The van der Waals surface area contributed by atoms with E-state index in [9.17, 15) is 12.8 Å². The fourth-order valence-electron chi connectivity index (χ4n) is 2.77. The molecule has 1 saturated heterocycles. The van der Waals surface area contributed by atoms with Crippen LogP contribution in [0.5, 0.6) is 0 Å². The Kier molecular flexibility index (Phi) is 5.35. The lowest BCUT2D eigenvalue weighted by Gasteiger charge is -2.33. The summed E-state index contributed by atoms with van der Waals surface area (Å²) >= 11 is 0. The number of nitrogens with zero attached hydrogens (tertiary/aromatic N) is 2. The Balaban J connectivity index is 1.93. The van der Waals surface area contributed by atoms with Crippen molar-refractivity contribution in [3.05, 3.63) is 35.6 Å². The largest absolute Gasteiger partial charge is 0.281 e. The van der Waals surface area contributed by atoms with E-state index in [-0.39, 0.29) is 5.82 Å². The topological polar surface area (TPSA) is 40.6 Å². The number of aryl methyl sites for hydroxylation is 1. The summed E-state index contributed by atoms with van der Waals surface area (Å²) in [5, 5.41) is 0. The van der Waals surface area contributed by atoms with Crippen LogP contribution in [0.15, 0.2) is 24.3 Å². The van der Waals surface area contributed by atoms with E-state index in [0.717, 1.165) is 31.2 Å². The summed E-state index contributed by atoms with van der Waals surface area (Å²) in [5.41, 5.74) is 0.975. The smallest absolute Gasteiger partial charge is 0.207 e. The van der Waals surface area contributed by atoms with Gasteiger partial charge in [0.05, 0.1) is 0 Å². The summed E-state index contributed by atoms with van der Waals surface area (Å²) < 4.78 is 40.3. The molecule has 0 amide bonds. The van der Waals surface area contributed by atoms with E-state index in [1.807, 2.05) is 6.07 Å². The molecule has 0 saturated carbocycles. The first-order valence-electron chi connectivity index (χ1n) is 7.31. The summed E-state index contributed by atoms with van der Waals surface area (Å²) in [7, 11) is -0.193. The van der Waals surface area contributed by atoms with E-state index >= 15 is 0 Å². The summed E-state index contributed by atoms with van der Waals surface area (Å²) in [6.07, 6.45) is 3.61. The zero-order valence-electron chi connectivity index (χ0n) is 12.6. The van der Waals surface area contributed by atoms with Crippen LogP contribution >= 0.6 is 0 Å². The highest BCUT2D eigenvalue weighted by Crippen LogP contribution is 2.24. The minimum Gasteiger partial charge on any atom is -0.207 e. The van der Waals surface area contributed by atoms with Crippen molar-refractivity contribution in [1.82, 2.24) is 8.61 Å². The van der Waals surface area contributed by atoms with Crippen LogP contribution in [-0.2, 0) is 16.6 Å². The average molecular weight is 314 g/mol. The number of hydrogen-bond donors (Lipinski definition) is 0. The van der Waals surface area contributed by atoms with Crippen LogP contribution in [0.4, 0.5) is 4.39 Å². The fourth-order valence-corrected chi connectivity index (χ4v) is 3.99. The first-order valence-corrected chi connectivity index (χ1v) is 8.71. The Morgan fingerprint density at radius 1 is 1.38 bits per heavy atom. The second kappa shape index (κ2) is 6.85. The maximum atomic E-state index is 13.1. The van der Waals surface area contributed by atoms with Gasteiger partial charge in [-0.3, -0.25) is 0 Å². The lowest BCUT2D eigenvalue weighted by atomic mass is 9.93. The Bertz CT molecular complexity index is 575. The normalized spacial score (nSPS) is 20.9. The molecular formula is C15H23FN2O2S. The molecule has 1 aliphatic rings. The average Bonchev–Trinajstić information content (AvgIpc) is 2.45. The van der Waals surface area contributed by atoms with Gasteiger partial charge < -0.3 is 0 Å². The van der Waals surface area contributed by atoms with Gasteiger partial charge in [-0.05, 0) is 49.3 Å². The molecule has 1 aromatic carbocycles. The molecule has 0 aliphatic carbocycles. The van der Waals surface area contributed by atoms with Crippen LogP contribution < -0.4 is 0 Å². The number of benzene rings is 1. The van der Waals surface area contributed by atoms with Crippen LogP contribution in [0, 0.1) is 11.7 Å². The van der Waals surface area contributed by atoms with Gasteiger partial charge in [-0.1, -0.05) is 12.1 Å². The first-order chi connectivity index (χ1) is 9.89. The molecular weight excluding hydrogens is 291 g/mol. The minimum absolute atomic E-state index is 0.215. The van der Waals surface area contributed by atoms with Crippen LogP contribution in [-0.4, -0.2) is 44.2 Å². The van der Waals surface area contributed by atoms with Crippen molar-refractivity contribution in [2.75, 3.05) is 27.2 Å². The van der Waals surface area contributed by atoms with Gasteiger partial charge in [0.1, 0.15) is 5.82 Å². The molecule has 1 heterocycles. The first kappa shape index (κ1) is 16.4. The zero-order valence-corrected chi connectivity index (χ0v) is 13.4. The number of rotatable bonds is 5. The zero-order chi connectivity index (χ0) is 15.5. The highest BCUT2D eigenvalue weighted by Gasteiger charge is 2.30. The van der Waals surface area contributed by atoms with Crippen molar-refractivity contribution in [1.29, 1.82) is 0 Å². The van der Waals surface area contributed by atoms with Crippen molar-refractivity contribution < 1.29 is 12.8 Å². The Hall–Kier alpha value is -0.980. The Morgan fingerprint density at radius 2 is 2.14 bits per heavy atom. The van der Waals surface area contributed by atoms with Gasteiger partial charge in [0, 0.05) is 27.2 Å². The standard InChI is InChI=1S/C15H23FN2O2S/c1-17(2)21(19,20)18-10-4-6-14(12-18)9-8-13-5-3-7-15(16)11-13/h3,5,7,11,14H,4,6,8-10,12H2,1-2H3/t14-/m1/s1. The number of hydrogen-bond acceptors (Lipinski definition) is 2. The molecule has 0 spiro atoms. The lowest BCUT2D eigenvalue weighted by molar-refractivity contribution is 0.246. The summed E-state index contributed by atoms with van der Waals surface area (Å²) in [6, 6.07) is 6.63. The Morgan fingerprint density at radius 3 is 2.81 bits per heavy atom. The summed E-state index contributed by atoms with van der Waals surface area (Å²) in [4.78, 5) is 0. The van der Waals surface area contributed by atoms with Gasteiger partial charge in [0.25, 0.3) is 10.2 Å². The molecule has 0 unspecified atom stereocenters. The highest BCUT2D eigenvalue weighted by atomic mass is 32.2. The van der Waals surface area contributed by atoms with Crippen molar-refractivity contribution >= 4 is 10.2 Å². The van der Waals surface area contributed by atoms with E-state index in [4.69, 9.17) is 0 Å². The quantitative estimate of drug-likeness (QED) is 0.836. The summed E-state index contributed by atoms with van der Waals surface area (Å²) in [5.74, 6) is 0.129. The summed E-state index contributed by atoms with van der Waals surface area (Å²) in [6.45, 7) is 1.16. The van der Waals surface area contributed by atoms with Gasteiger partial charge in [-0.2, -0.15) is 17.0 Å². The Labute approximate surface area is 126 Å². The van der Waals surface area contributed by atoms with Crippen LogP contribution in [0.3, 0.4) is 0 Å². The minimum atomic E-state index is -3.32. The molecule has 1 aliphatic heterocycles. The second-order valence-electron chi connectivity index (χ2n) is 5.83. The molecule has 1 aromatic rings. The third-order valence-electron chi connectivity index (χ3n) is 4.00. The van der Waals surface area contributed by atoms with Crippen LogP contribution in [0.2, 0.25) is 0 Å². The fraction of sp³-hybridized carbons (Fsp3) is 0.600. The van der Waals surface area contributed by atoms with Crippen molar-refractivity contribution in [3.8, 4) is 0 Å². The molecule has 1 atom stereocenters. The third-order valence-corrected chi connectivity index (χ3v) is 5.91. The molecule has 0 bridgehead atoms. The van der Waals surface area contributed by atoms with E-state index < -0.39 is 10.2 Å². The van der Waals surface area contributed by atoms with E-state index in [1.165, 1.54) is 10.4 Å². The molecule has 0 radical (unpaired) electrons. The highest BCUT2D eigenvalue weighted by molar-refractivity contribution is 7.86. The van der Waals surface area contributed by atoms with Crippen LogP contribution in [0.1, 0.15) is 24.8 Å². The maximum Gasteiger partial charge on any atom is 0.281 e. The van der Waals surface area contributed by atoms with E-state index in [2.05, 4.69) is 0 Å². The van der Waals surface area contributed by atoms with Crippen molar-refractivity contribution in [2.24, 2.45) is 5.92 Å². The van der Waals surface area contributed by atoms with Gasteiger partial charge in [0.15, 0.2) is 0 Å². The molecule has 4 nitrogen and oxygen atoms in total. The molecule has 6 heteroatoms. The van der Waals surface area contributed by atoms with Gasteiger partial charge in [0.2, 0.25) is 0 Å². The van der Waals surface area contributed by atoms with Crippen molar-refractivity contribution in [3.63, 3.8) is 0 Å². The van der Waals surface area contributed by atoms with Crippen LogP contribution in [0.25, 0.3) is 0 Å². The van der Waals surface area contributed by atoms with Crippen molar-refractivity contribution in [2.45, 2.75) is 25.7 Å². The van der Waals surface area contributed by atoms with Gasteiger partial charge in [-0.25, -0.2) is 4.39 Å². The maximum absolute atomic E-state index is 13.1. The number of halogens is 1. The van der Waals surface area contributed by atoms with Gasteiger partial charge in [-0.15, -0.1) is 0 Å².